The lowest BCUT2D eigenvalue weighted by Gasteiger charge is -2.02. The minimum atomic E-state index is -0.491. The van der Waals surface area contributed by atoms with Crippen molar-refractivity contribution < 1.29 is 9.18 Å². The maximum absolute atomic E-state index is 13.5. The lowest BCUT2D eigenvalue weighted by Crippen LogP contribution is -2.18. The van der Waals surface area contributed by atoms with E-state index in [1.165, 1.54) is 18.3 Å². The van der Waals surface area contributed by atoms with Gasteiger partial charge in [-0.3, -0.25) is 9.89 Å². The Kier molecular flexibility index (Phi) is 5.27. The van der Waals surface area contributed by atoms with Gasteiger partial charge < -0.3 is 0 Å². The third kappa shape index (κ3) is 3.92. The van der Waals surface area contributed by atoms with E-state index in [9.17, 15) is 9.18 Å². The molecule has 0 spiro atoms. The fourth-order valence-corrected chi connectivity index (χ4v) is 2.25. The fraction of sp³-hybridized carbons (Fsp3) is 0.267. The SMILES string of the molecule is Cc1n[nH]c(C)c1CCC(=O)N/N=C/c1c(F)cccc1Cl. The number of hydrazone groups is 1. The van der Waals surface area contributed by atoms with Crippen molar-refractivity contribution in [2.75, 3.05) is 0 Å². The summed E-state index contributed by atoms with van der Waals surface area (Å²) in [5, 5.41) is 10.9. The Morgan fingerprint density at radius 1 is 1.50 bits per heavy atom. The molecule has 1 amide bonds. The molecule has 116 valence electrons. The van der Waals surface area contributed by atoms with E-state index in [2.05, 4.69) is 20.7 Å². The van der Waals surface area contributed by atoms with Gasteiger partial charge in [0.15, 0.2) is 0 Å². The fourth-order valence-electron chi connectivity index (χ4n) is 2.04. The number of nitrogens with zero attached hydrogens (tertiary/aromatic N) is 2. The van der Waals surface area contributed by atoms with Crippen molar-refractivity contribution in [1.29, 1.82) is 0 Å². The third-order valence-corrected chi connectivity index (χ3v) is 3.59. The molecule has 1 aromatic carbocycles. The maximum Gasteiger partial charge on any atom is 0.240 e. The monoisotopic (exact) mass is 322 g/mol. The number of H-pyrrole nitrogens is 1. The molecule has 0 aliphatic heterocycles. The standard InChI is InChI=1S/C15H16ClFN4O/c1-9-11(10(2)20-19-9)6-7-15(22)21-18-8-12-13(16)4-3-5-14(12)17/h3-5,8H,6-7H2,1-2H3,(H,19,20)(H,21,22)/b18-8+. The third-order valence-electron chi connectivity index (χ3n) is 3.27. The average Bonchev–Trinajstić information content (AvgIpc) is 2.79. The molecular weight excluding hydrogens is 307 g/mol. The summed E-state index contributed by atoms with van der Waals surface area (Å²) >= 11 is 5.85. The van der Waals surface area contributed by atoms with Crippen LogP contribution in [0.1, 0.15) is 28.9 Å². The van der Waals surface area contributed by atoms with Crippen LogP contribution in [-0.2, 0) is 11.2 Å². The summed E-state index contributed by atoms with van der Waals surface area (Å²) in [5.74, 6) is -0.751. The zero-order chi connectivity index (χ0) is 16.1. The molecule has 0 saturated heterocycles. The van der Waals surface area contributed by atoms with Gasteiger partial charge in [0.25, 0.3) is 0 Å². The molecule has 0 aliphatic carbocycles. The molecule has 5 nitrogen and oxygen atoms in total. The molecule has 0 atom stereocenters. The largest absolute Gasteiger partial charge is 0.282 e. The topological polar surface area (TPSA) is 70.1 Å². The van der Waals surface area contributed by atoms with Crippen molar-refractivity contribution in [3.05, 3.63) is 51.6 Å². The van der Waals surface area contributed by atoms with Gasteiger partial charge in [0, 0.05) is 17.7 Å². The maximum atomic E-state index is 13.5. The molecule has 0 radical (unpaired) electrons. The van der Waals surface area contributed by atoms with E-state index >= 15 is 0 Å². The summed E-state index contributed by atoms with van der Waals surface area (Å²) < 4.78 is 13.5. The lowest BCUT2D eigenvalue weighted by molar-refractivity contribution is -0.121. The molecule has 0 saturated carbocycles. The number of rotatable bonds is 5. The van der Waals surface area contributed by atoms with Crippen LogP contribution in [-0.4, -0.2) is 22.3 Å². The molecule has 2 rings (SSSR count). The van der Waals surface area contributed by atoms with Crippen molar-refractivity contribution in [2.24, 2.45) is 5.10 Å². The highest BCUT2D eigenvalue weighted by Crippen LogP contribution is 2.16. The van der Waals surface area contributed by atoms with Gasteiger partial charge in [-0.25, -0.2) is 9.82 Å². The first-order chi connectivity index (χ1) is 10.5. The van der Waals surface area contributed by atoms with Gasteiger partial charge in [-0.1, -0.05) is 17.7 Å². The number of halogens is 2. The van der Waals surface area contributed by atoms with Crippen molar-refractivity contribution in [2.45, 2.75) is 26.7 Å². The molecule has 22 heavy (non-hydrogen) atoms. The van der Waals surface area contributed by atoms with Crippen LogP contribution in [0.15, 0.2) is 23.3 Å². The van der Waals surface area contributed by atoms with Crippen LogP contribution in [0.25, 0.3) is 0 Å². The smallest absolute Gasteiger partial charge is 0.240 e. The molecule has 2 aromatic rings. The number of aryl methyl sites for hydroxylation is 2. The summed E-state index contributed by atoms with van der Waals surface area (Å²) in [6.45, 7) is 3.79. The Morgan fingerprint density at radius 3 is 2.91 bits per heavy atom. The number of aromatic amines is 1. The molecular formula is C15H16ClFN4O. The summed E-state index contributed by atoms with van der Waals surface area (Å²) in [6, 6.07) is 4.33. The molecule has 2 N–H and O–H groups in total. The number of amides is 1. The van der Waals surface area contributed by atoms with Gasteiger partial charge in [0.2, 0.25) is 5.91 Å². The van der Waals surface area contributed by atoms with Crippen LogP contribution >= 0.6 is 11.6 Å². The van der Waals surface area contributed by atoms with E-state index in [1.807, 2.05) is 13.8 Å². The van der Waals surface area contributed by atoms with Crippen LogP contribution in [0.2, 0.25) is 5.02 Å². The Labute approximate surface area is 132 Å². The van der Waals surface area contributed by atoms with Gasteiger partial charge >= 0.3 is 0 Å². The second-order valence-corrected chi connectivity index (χ2v) is 5.25. The van der Waals surface area contributed by atoms with E-state index in [-0.39, 0.29) is 22.9 Å². The second kappa shape index (κ2) is 7.17. The zero-order valence-electron chi connectivity index (χ0n) is 12.3. The van der Waals surface area contributed by atoms with Crippen molar-refractivity contribution >= 4 is 23.7 Å². The van der Waals surface area contributed by atoms with Gasteiger partial charge in [-0.15, -0.1) is 0 Å². The van der Waals surface area contributed by atoms with E-state index in [0.717, 1.165) is 17.0 Å². The van der Waals surface area contributed by atoms with Crippen LogP contribution in [0, 0.1) is 19.7 Å². The predicted octanol–water partition coefficient (Wildman–Crippen LogP) is 2.90. The minimum Gasteiger partial charge on any atom is -0.282 e. The predicted molar refractivity (Wildman–Crippen MR) is 83.5 cm³/mol. The van der Waals surface area contributed by atoms with Gasteiger partial charge in [0.05, 0.1) is 16.9 Å². The van der Waals surface area contributed by atoms with Crippen molar-refractivity contribution in [3.8, 4) is 0 Å². The Hall–Kier alpha value is -2.21. The molecule has 1 aromatic heterocycles. The highest BCUT2D eigenvalue weighted by Gasteiger charge is 2.09. The quantitative estimate of drug-likeness (QED) is 0.656. The number of carbonyl (C=O) groups excluding carboxylic acids is 1. The number of nitrogens with one attached hydrogen (secondary N) is 2. The van der Waals surface area contributed by atoms with Gasteiger partial charge in [-0.05, 0) is 38.0 Å². The zero-order valence-corrected chi connectivity index (χ0v) is 13.0. The molecule has 0 aliphatic rings. The average molecular weight is 323 g/mol. The number of benzene rings is 1. The number of aromatic nitrogens is 2. The number of carbonyl (C=O) groups is 1. The van der Waals surface area contributed by atoms with E-state index < -0.39 is 5.82 Å². The van der Waals surface area contributed by atoms with Gasteiger partial charge in [-0.2, -0.15) is 10.2 Å². The summed E-state index contributed by atoms with van der Waals surface area (Å²) in [7, 11) is 0. The normalized spacial score (nSPS) is 11.1. The highest BCUT2D eigenvalue weighted by atomic mass is 35.5. The van der Waals surface area contributed by atoms with E-state index in [4.69, 9.17) is 11.6 Å². The Morgan fingerprint density at radius 2 is 2.27 bits per heavy atom. The highest BCUT2D eigenvalue weighted by molar-refractivity contribution is 6.33. The van der Waals surface area contributed by atoms with E-state index in [0.29, 0.717) is 6.42 Å². The first-order valence-electron chi connectivity index (χ1n) is 6.75. The molecule has 0 fully saturated rings. The number of hydrogen-bond acceptors (Lipinski definition) is 3. The summed E-state index contributed by atoms with van der Waals surface area (Å²) in [4.78, 5) is 11.7. The lowest BCUT2D eigenvalue weighted by atomic mass is 10.1. The molecule has 7 heteroatoms. The van der Waals surface area contributed by atoms with Crippen molar-refractivity contribution in [3.63, 3.8) is 0 Å². The Balaban J connectivity index is 1.89. The van der Waals surface area contributed by atoms with Crippen LogP contribution in [0.5, 0.6) is 0 Å². The molecule has 0 unspecified atom stereocenters. The van der Waals surface area contributed by atoms with Crippen LogP contribution in [0.4, 0.5) is 4.39 Å². The van der Waals surface area contributed by atoms with Crippen LogP contribution in [0.3, 0.4) is 0 Å². The number of hydrogen-bond donors (Lipinski definition) is 2. The second-order valence-electron chi connectivity index (χ2n) is 4.84. The Bertz CT molecular complexity index is 672. The minimum absolute atomic E-state index is 0.144. The first-order valence-corrected chi connectivity index (χ1v) is 7.13. The molecule has 1 heterocycles. The van der Waals surface area contributed by atoms with Crippen molar-refractivity contribution in [1.82, 2.24) is 15.6 Å². The molecule has 0 bridgehead atoms. The summed E-state index contributed by atoms with van der Waals surface area (Å²) in [6.07, 6.45) is 2.03. The summed E-state index contributed by atoms with van der Waals surface area (Å²) in [5.41, 5.74) is 5.36. The van der Waals surface area contributed by atoms with E-state index in [1.54, 1.807) is 6.07 Å². The first kappa shape index (κ1) is 16.2. The van der Waals surface area contributed by atoms with Crippen LogP contribution < -0.4 is 5.43 Å². The van der Waals surface area contributed by atoms with Gasteiger partial charge in [0.1, 0.15) is 5.82 Å².